The van der Waals surface area contributed by atoms with Gasteiger partial charge in [-0.05, 0) is 12.1 Å². The molecule has 1 aromatic rings. The molecule has 0 amide bonds. The van der Waals surface area contributed by atoms with Crippen LogP contribution in [0, 0.1) is 0 Å². The Hall–Kier alpha value is -1.69. The molecule has 0 unspecified atom stereocenters. The zero-order chi connectivity index (χ0) is 14.3. The molecule has 0 bridgehead atoms. The number of alkyl halides is 2. The molecule has 0 aliphatic rings. The van der Waals surface area contributed by atoms with Crippen molar-refractivity contribution in [3.05, 3.63) is 23.8 Å². The van der Waals surface area contributed by atoms with Gasteiger partial charge in [0.05, 0.1) is 20.8 Å². The Labute approximate surface area is 110 Å². The monoisotopic (exact) mass is 274 g/mol. The normalized spacial score (nSPS) is 10.6. The third-order valence-electron chi connectivity index (χ3n) is 2.42. The summed E-state index contributed by atoms with van der Waals surface area (Å²) >= 11 is 0. The summed E-state index contributed by atoms with van der Waals surface area (Å²) in [6.45, 7) is -0.735. The van der Waals surface area contributed by atoms with E-state index in [1.807, 2.05) is 0 Å². The van der Waals surface area contributed by atoms with E-state index in [0.717, 1.165) is 0 Å². The number of hydrogen-bond acceptors (Lipinski definition) is 4. The van der Waals surface area contributed by atoms with E-state index >= 15 is 0 Å². The average molecular weight is 274 g/mol. The molecular formula is C13H16F2O4. The van der Waals surface area contributed by atoms with Gasteiger partial charge in [0.25, 0.3) is 6.43 Å². The summed E-state index contributed by atoms with van der Waals surface area (Å²) < 4.78 is 38.6. The Balaban J connectivity index is 2.70. The third kappa shape index (κ3) is 4.48. The van der Waals surface area contributed by atoms with Gasteiger partial charge in [0.2, 0.25) is 0 Å². The van der Waals surface area contributed by atoms with Gasteiger partial charge >= 0.3 is 0 Å². The lowest BCUT2D eigenvalue weighted by atomic mass is 10.1. The van der Waals surface area contributed by atoms with Crippen LogP contribution in [0.1, 0.15) is 16.8 Å². The SMILES string of the molecule is COc1cccc(OC)c1C(=O)CCOCC(F)F. The Morgan fingerprint density at radius 1 is 1.21 bits per heavy atom. The maximum Gasteiger partial charge on any atom is 0.261 e. The van der Waals surface area contributed by atoms with Gasteiger partial charge in [-0.1, -0.05) is 6.07 Å². The molecule has 0 N–H and O–H groups in total. The first-order valence-electron chi connectivity index (χ1n) is 5.70. The molecule has 1 aromatic carbocycles. The largest absolute Gasteiger partial charge is 0.496 e. The summed E-state index contributed by atoms with van der Waals surface area (Å²) in [6, 6.07) is 4.97. The summed E-state index contributed by atoms with van der Waals surface area (Å²) in [6.07, 6.45) is -2.54. The Morgan fingerprint density at radius 2 is 1.79 bits per heavy atom. The molecule has 0 fully saturated rings. The molecule has 0 aliphatic heterocycles. The second-order valence-electron chi connectivity index (χ2n) is 3.68. The van der Waals surface area contributed by atoms with Gasteiger partial charge in [0.15, 0.2) is 5.78 Å². The van der Waals surface area contributed by atoms with Gasteiger partial charge in [-0.25, -0.2) is 8.78 Å². The van der Waals surface area contributed by atoms with E-state index in [2.05, 4.69) is 4.74 Å². The molecule has 0 atom stereocenters. The van der Waals surface area contributed by atoms with E-state index in [1.165, 1.54) is 14.2 Å². The molecule has 0 saturated heterocycles. The van der Waals surface area contributed by atoms with E-state index in [-0.39, 0.29) is 18.8 Å². The van der Waals surface area contributed by atoms with Crippen molar-refractivity contribution in [3.63, 3.8) is 0 Å². The van der Waals surface area contributed by atoms with Crippen LogP contribution in [0.5, 0.6) is 11.5 Å². The molecule has 0 heterocycles. The van der Waals surface area contributed by atoms with E-state index in [0.29, 0.717) is 17.1 Å². The molecule has 4 nitrogen and oxygen atoms in total. The number of carbonyl (C=O) groups excluding carboxylic acids is 1. The maximum absolute atomic E-state index is 12.0. The van der Waals surface area contributed by atoms with Crippen molar-refractivity contribution in [2.24, 2.45) is 0 Å². The summed E-state index contributed by atoms with van der Waals surface area (Å²) in [4.78, 5) is 12.0. The topological polar surface area (TPSA) is 44.8 Å². The van der Waals surface area contributed by atoms with Gasteiger partial charge < -0.3 is 14.2 Å². The predicted molar refractivity (Wildman–Crippen MR) is 65.3 cm³/mol. The number of carbonyl (C=O) groups is 1. The number of benzene rings is 1. The number of rotatable bonds is 8. The smallest absolute Gasteiger partial charge is 0.261 e. The molecular weight excluding hydrogens is 258 g/mol. The highest BCUT2D eigenvalue weighted by Gasteiger charge is 2.17. The van der Waals surface area contributed by atoms with Gasteiger partial charge in [-0.3, -0.25) is 4.79 Å². The van der Waals surface area contributed by atoms with Gasteiger partial charge in [0.1, 0.15) is 23.7 Å². The number of halogens is 2. The third-order valence-corrected chi connectivity index (χ3v) is 2.42. The molecule has 0 spiro atoms. The zero-order valence-corrected chi connectivity index (χ0v) is 10.8. The van der Waals surface area contributed by atoms with Crippen LogP contribution >= 0.6 is 0 Å². The number of hydrogen-bond donors (Lipinski definition) is 0. The van der Waals surface area contributed by atoms with E-state index in [9.17, 15) is 13.6 Å². The lowest BCUT2D eigenvalue weighted by molar-refractivity contribution is 0.0169. The highest BCUT2D eigenvalue weighted by Crippen LogP contribution is 2.29. The van der Waals surface area contributed by atoms with Crippen molar-refractivity contribution in [3.8, 4) is 11.5 Å². The standard InChI is InChI=1S/C13H16F2O4/c1-17-10-4-3-5-11(18-2)13(10)9(16)6-7-19-8-12(14)15/h3-5,12H,6-8H2,1-2H3. The Kier molecular flexibility index (Phi) is 6.21. The fraction of sp³-hybridized carbons (Fsp3) is 0.462. The molecule has 0 saturated carbocycles. The minimum Gasteiger partial charge on any atom is -0.496 e. The van der Waals surface area contributed by atoms with E-state index in [4.69, 9.17) is 9.47 Å². The fourth-order valence-electron chi connectivity index (χ4n) is 1.59. The molecule has 106 valence electrons. The van der Waals surface area contributed by atoms with Crippen molar-refractivity contribution in [2.75, 3.05) is 27.4 Å². The second-order valence-corrected chi connectivity index (χ2v) is 3.68. The minimum absolute atomic E-state index is 0.0105. The number of ketones is 1. The fourth-order valence-corrected chi connectivity index (χ4v) is 1.59. The highest BCUT2D eigenvalue weighted by atomic mass is 19.3. The molecule has 6 heteroatoms. The predicted octanol–water partition coefficient (Wildman–Crippen LogP) is 2.56. The van der Waals surface area contributed by atoms with Crippen LogP contribution in [0.15, 0.2) is 18.2 Å². The van der Waals surface area contributed by atoms with Crippen molar-refractivity contribution < 1.29 is 27.8 Å². The summed E-state index contributed by atoms with van der Waals surface area (Å²) in [5.41, 5.74) is 0.299. The zero-order valence-electron chi connectivity index (χ0n) is 10.8. The van der Waals surface area contributed by atoms with Crippen LogP contribution in [-0.2, 0) is 4.74 Å². The van der Waals surface area contributed by atoms with Crippen molar-refractivity contribution in [1.29, 1.82) is 0 Å². The lowest BCUT2D eigenvalue weighted by Crippen LogP contribution is -2.11. The summed E-state index contributed by atoms with van der Waals surface area (Å²) in [5, 5.41) is 0. The Bertz CT molecular complexity index is 399. The van der Waals surface area contributed by atoms with Crippen molar-refractivity contribution in [1.82, 2.24) is 0 Å². The first-order valence-corrected chi connectivity index (χ1v) is 5.70. The number of Topliss-reactive ketones (excluding diaryl/α,β-unsaturated/α-hetero) is 1. The molecule has 19 heavy (non-hydrogen) atoms. The van der Waals surface area contributed by atoms with Crippen LogP contribution in [0.25, 0.3) is 0 Å². The quantitative estimate of drug-likeness (QED) is 0.540. The van der Waals surface area contributed by atoms with Crippen LogP contribution < -0.4 is 9.47 Å². The number of ether oxygens (including phenoxy) is 3. The highest BCUT2D eigenvalue weighted by molar-refractivity contribution is 6.01. The van der Waals surface area contributed by atoms with Crippen LogP contribution in [-0.4, -0.2) is 39.6 Å². The van der Waals surface area contributed by atoms with Crippen molar-refractivity contribution in [2.45, 2.75) is 12.8 Å². The summed E-state index contributed by atoms with van der Waals surface area (Å²) in [5.74, 6) is 0.500. The van der Waals surface area contributed by atoms with Crippen LogP contribution in [0.2, 0.25) is 0 Å². The van der Waals surface area contributed by atoms with Crippen LogP contribution in [0.4, 0.5) is 8.78 Å². The Morgan fingerprint density at radius 3 is 2.26 bits per heavy atom. The average Bonchev–Trinajstić information content (AvgIpc) is 2.42. The second kappa shape index (κ2) is 7.68. The lowest BCUT2D eigenvalue weighted by Gasteiger charge is -2.12. The number of methoxy groups -OCH3 is 2. The van der Waals surface area contributed by atoms with Crippen molar-refractivity contribution >= 4 is 5.78 Å². The van der Waals surface area contributed by atoms with Gasteiger partial charge in [-0.2, -0.15) is 0 Å². The first kappa shape index (κ1) is 15.4. The molecule has 1 rings (SSSR count). The molecule has 0 aliphatic carbocycles. The molecule has 0 radical (unpaired) electrons. The minimum atomic E-state index is -2.53. The van der Waals surface area contributed by atoms with E-state index in [1.54, 1.807) is 18.2 Å². The molecule has 0 aromatic heterocycles. The summed E-state index contributed by atoms with van der Waals surface area (Å²) in [7, 11) is 2.89. The van der Waals surface area contributed by atoms with Gasteiger partial charge in [0, 0.05) is 6.42 Å². The maximum atomic E-state index is 12.0. The van der Waals surface area contributed by atoms with Gasteiger partial charge in [-0.15, -0.1) is 0 Å². The first-order chi connectivity index (χ1) is 9.10. The van der Waals surface area contributed by atoms with E-state index < -0.39 is 13.0 Å². The van der Waals surface area contributed by atoms with Crippen LogP contribution in [0.3, 0.4) is 0 Å².